The van der Waals surface area contributed by atoms with Crippen LogP contribution in [0, 0.1) is 0 Å². The summed E-state index contributed by atoms with van der Waals surface area (Å²) in [5, 5.41) is 0. The molecule has 1 aromatic heterocycles. The number of hydrogen-bond donors (Lipinski definition) is 0. The van der Waals surface area contributed by atoms with E-state index in [1.54, 1.807) is 25.5 Å². The average Bonchev–Trinajstić information content (AvgIpc) is 3.41. The van der Waals surface area contributed by atoms with E-state index in [0.717, 1.165) is 24.2 Å². The summed E-state index contributed by atoms with van der Waals surface area (Å²) in [4.78, 5) is 15.4. The van der Waals surface area contributed by atoms with E-state index >= 15 is 0 Å². The second-order valence-electron chi connectivity index (χ2n) is 7.82. The summed E-state index contributed by atoms with van der Waals surface area (Å²) in [5.74, 6) is 1.26. The van der Waals surface area contributed by atoms with Gasteiger partial charge in [-0.15, -0.1) is 0 Å². The Morgan fingerprint density at radius 2 is 1.84 bits per heavy atom. The number of hydrogen-bond acceptors (Lipinski definition) is 5. The molecule has 0 saturated carbocycles. The van der Waals surface area contributed by atoms with Crippen LogP contribution in [0.25, 0.3) is 0 Å². The minimum atomic E-state index is -3.62. The SMILES string of the molecule is CCN(CC)S(=O)(=O)c1cc(C(=O)N2CCCC2c2ccc3c(c2)OCCO3)n(C)c1. The number of aromatic nitrogens is 1. The number of carbonyl (C=O) groups is 1. The molecule has 1 amide bonds. The number of amides is 1. The highest BCUT2D eigenvalue weighted by molar-refractivity contribution is 7.89. The second kappa shape index (κ2) is 8.55. The van der Waals surface area contributed by atoms with Crippen LogP contribution in [0.4, 0.5) is 0 Å². The summed E-state index contributed by atoms with van der Waals surface area (Å²) >= 11 is 0. The number of likely N-dealkylation sites (tertiary alicyclic amines) is 1. The van der Waals surface area contributed by atoms with Crippen LogP contribution >= 0.6 is 0 Å². The van der Waals surface area contributed by atoms with Crippen LogP contribution in [0.5, 0.6) is 11.5 Å². The molecule has 9 heteroatoms. The van der Waals surface area contributed by atoms with E-state index in [-0.39, 0.29) is 16.8 Å². The maximum absolute atomic E-state index is 13.4. The van der Waals surface area contributed by atoms with Gasteiger partial charge in [0.25, 0.3) is 5.91 Å². The lowest BCUT2D eigenvalue weighted by molar-refractivity contribution is 0.0725. The van der Waals surface area contributed by atoms with Gasteiger partial charge in [-0.25, -0.2) is 8.42 Å². The minimum absolute atomic E-state index is 0.0823. The number of benzene rings is 1. The molecule has 0 spiro atoms. The summed E-state index contributed by atoms with van der Waals surface area (Å²) in [7, 11) is -1.91. The molecule has 3 heterocycles. The normalized spacial score (nSPS) is 18.6. The van der Waals surface area contributed by atoms with Gasteiger partial charge in [0.1, 0.15) is 23.8 Å². The molecular formula is C22H29N3O5S. The first-order valence-electron chi connectivity index (χ1n) is 10.7. The van der Waals surface area contributed by atoms with Crippen molar-refractivity contribution in [1.29, 1.82) is 0 Å². The van der Waals surface area contributed by atoms with Gasteiger partial charge in [0.05, 0.1) is 6.04 Å². The van der Waals surface area contributed by atoms with Crippen LogP contribution in [-0.4, -0.2) is 60.9 Å². The highest BCUT2D eigenvalue weighted by Crippen LogP contribution is 2.38. The summed E-state index contributed by atoms with van der Waals surface area (Å²) in [6, 6.07) is 7.23. The third kappa shape index (κ3) is 3.92. The van der Waals surface area contributed by atoms with Crippen molar-refractivity contribution >= 4 is 15.9 Å². The average molecular weight is 448 g/mol. The van der Waals surface area contributed by atoms with E-state index in [1.807, 2.05) is 23.1 Å². The molecular weight excluding hydrogens is 418 g/mol. The van der Waals surface area contributed by atoms with E-state index in [1.165, 1.54) is 16.6 Å². The number of aryl methyl sites for hydroxylation is 1. The zero-order chi connectivity index (χ0) is 22.2. The fourth-order valence-electron chi connectivity index (χ4n) is 4.37. The van der Waals surface area contributed by atoms with Gasteiger partial charge in [0, 0.05) is 32.9 Å². The zero-order valence-electron chi connectivity index (χ0n) is 18.2. The maximum atomic E-state index is 13.4. The standard InChI is InChI=1S/C22H29N3O5S/c1-4-24(5-2)31(27,28)17-14-19(23(3)15-17)22(26)25-10-6-7-18(25)16-8-9-20-21(13-16)30-12-11-29-20/h8-9,13-15,18H,4-7,10-12H2,1-3H3. The molecule has 0 radical (unpaired) electrons. The molecule has 1 fully saturated rings. The number of carbonyl (C=O) groups excluding carboxylic acids is 1. The van der Waals surface area contributed by atoms with Gasteiger partial charge < -0.3 is 18.9 Å². The number of ether oxygens (including phenoxy) is 2. The molecule has 4 rings (SSSR count). The Hall–Kier alpha value is -2.52. The largest absolute Gasteiger partial charge is 0.486 e. The lowest BCUT2D eigenvalue weighted by atomic mass is 10.0. The minimum Gasteiger partial charge on any atom is -0.486 e. The van der Waals surface area contributed by atoms with Crippen molar-refractivity contribution in [1.82, 2.24) is 13.8 Å². The lowest BCUT2D eigenvalue weighted by Gasteiger charge is -2.27. The predicted octanol–water partition coefficient (Wildman–Crippen LogP) is 2.80. The fraction of sp³-hybridized carbons (Fsp3) is 0.500. The zero-order valence-corrected chi connectivity index (χ0v) is 19.0. The number of nitrogens with zero attached hydrogens (tertiary/aromatic N) is 3. The summed E-state index contributed by atoms with van der Waals surface area (Å²) in [6.07, 6.45) is 3.26. The van der Waals surface area contributed by atoms with E-state index in [2.05, 4.69) is 0 Å². The van der Waals surface area contributed by atoms with Gasteiger partial charge in [-0.1, -0.05) is 19.9 Å². The molecule has 0 N–H and O–H groups in total. The van der Waals surface area contributed by atoms with Gasteiger partial charge in [-0.3, -0.25) is 4.79 Å². The van der Waals surface area contributed by atoms with E-state index in [9.17, 15) is 13.2 Å². The predicted molar refractivity (Wildman–Crippen MR) is 116 cm³/mol. The molecule has 1 saturated heterocycles. The number of fused-ring (bicyclic) bond motifs is 1. The quantitative estimate of drug-likeness (QED) is 0.680. The first kappa shape index (κ1) is 21.7. The third-order valence-corrected chi connectivity index (χ3v) is 8.02. The molecule has 1 unspecified atom stereocenters. The molecule has 2 aliphatic rings. The molecule has 0 bridgehead atoms. The maximum Gasteiger partial charge on any atom is 0.271 e. The summed E-state index contributed by atoms with van der Waals surface area (Å²) in [5.41, 5.74) is 1.37. The van der Waals surface area contributed by atoms with Crippen LogP contribution in [0.2, 0.25) is 0 Å². The Morgan fingerprint density at radius 1 is 1.13 bits per heavy atom. The molecule has 168 valence electrons. The Labute approximate surface area is 183 Å². The molecule has 1 aromatic carbocycles. The van der Waals surface area contributed by atoms with Crippen molar-refractivity contribution in [3.8, 4) is 11.5 Å². The van der Waals surface area contributed by atoms with Crippen molar-refractivity contribution in [3.05, 3.63) is 41.7 Å². The molecule has 1 atom stereocenters. The molecule has 0 aliphatic carbocycles. The van der Waals surface area contributed by atoms with E-state index < -0.39 is 10.0 Å². The third-order valence-electron chi connectivity index (χ3n) is 6.01. The Balaban J connectivity index is 1.61. The van der Waals surface area contributed by atoms with E-state index in [0.29, 0.717) is 44.3 Å². The molecule has 8 nitrogen and oxygen atoms in total. The highest BCUT2D eigenvalue weighted by atomic mass is 32.2. The van der Waals surface area contributed by atoms with Crippen LogP contribution in [0.3, 0.4) is 0 Å². The molecule has 31 heavy (non-hydrogen) atoms. The van der Waals surface area contributed by atoms with Crippen molar-refractivity contribution in [2.75, 3.05) is 32.8 Å². The molecule has 2 aromatic rings. The van der Waals surface area contributed by atoms with Crippen molar-refractivity contribution in [2.24, 2.45) is 7.05 Å². The van der Waals surface area contributed by atoms with Gasteiger partial charge in [0.15, 0.2) is 11.5 Å². The lowest BCUT2D eigenvalue weighted by Crippen LogP contribution is -2.32. The van der Waals surface area contributed by atoms with E-state index in [4.69, 9.17) is 9.47 Å². The van der Waals surface area contributed by atoms with Crippen LogP contribution < -0.4 is 9.47 Å². The smallest absolute Gasteiger partial charge is 0.271 e. The highest BCUT2D eigenvalue weighted by Gasteiger charge is 2.34. The molecule has 2 aliphatic heterocycles. The monoisotopic (exact) mass is 447 g/mol. The Kier molecular flexibility index (Phi) is 5.98. The van der Waals surface area contributed by atoms with Crippen molar-refractivity contribution < 1.29 is 22.7 Å². The number of rotatable bonds is 6. The Bertz CT molecular complexity index is 1070. The van der Waals surface area contributed by atoms with Gasteiger partial charge in [0.2, 0.25) is 10.0 Å². The summed E-state index contributed by atoms with van der Waals surface area (Å²) < 4.78 is 40.1. The van der Waals surface area contributed by atoms with Crippen LogP contribution in [0.1, 0.15) is 48.8 Å². The van der Waals surface area contributed by atoms with Crippen molar-refractivity contribution in [2.45, 2.75) is 37.6 Å². The first-order valence-corrected chi connectivity index (χ1v) is 12.2. The second-order valence-corrected chi connectivity index (χ2v) is 9.76. The van der Waals surface area contributed by atoms with Crippen LogP contribution in [-0.2, 0) is 17.1 Å². The summed E-state index contributed by atoms with van der Waals surface area (Å²) in [6.45, 7) is 6.05. The van der Waals surface area contributed by atoms with Gasteiger partial charge in [-0.2, -0.15) is 4.31 Å². The first-order chi connectivity index (χ1) is 14.9. The fourth-order valence-corrected chi connectivity index (χ4v) is 5.90. The van der Waals surface area contributed by atoms with Gasteiger partial charge in [-0.05, 0) is 36.6 Å². The topological polar surface area (TPSA) is 81.1 Å². The van der Waals surface area contributed by atoms with Crippen molar-refractivity contribution in [3.63, 3.8) is 0 Å². The van der Waals surface area contributed by atoms with Crippen LogP contribution in [0.15, 0.2) is 35.4 Å². The number of sulfonamides is 1. The Morgan fingerprint density at radius 3 is 2.55 bits per heavy atom. The van der Waals surface area contributed by atoms with Gasteiger partial charge >= 0.3 is 0 Å².